The van der Waals surface area contributed by atoms with Crippen LogP contribution in [0.3, 0.4) is 0 Å². The standard InChI is InChI=1S/C42H60O4Si2/c1-28(2)33-38(46-47(11,12)39(3,4)5)36(43)35-37-34-31(27-44-37)32(23-24-41(34,9)25-26-42(33,35)10)45-48(40(6,7)8,29-19-15-13-16-20-29)30-21-17-14-18-22-30/h13-22,27-28,32-33,35,38H,23-26H2,1-12H3/t32-,33-,35+,38-,41-,42+/m1/s1. The fraction of sp³-hybridized carbons (Fsp3) is 0.595. The van der Waals surface area contributed by atoms with Crippen molar-refractivity contribution < 1.29 is 18.1 Å². The molecule has 0 unspecified atom stereocenters. The van der Waals surface area contributed by atoms with Crippen molar-refractivity contribution in [2.45, 2.75) is 142 Å². The predicted molar refractivity (Wildman–Crippen MR) is 202 cm³/mol. The van der Waals surface area contributed by atoms with Crippen LogP contribution in [0.2, 0.25) is 23.2 Å². The number of hydrogen-bond donors (Lipinski definition) is 0. The largest absolute Gasteiger partial charge is 0.468 e. The first-order valence-electron chi connectivity index (χ1n) is 18.4. The summed E-state index contributed by atoms with van der Waals surface area (Å²) in [4.78, 5) is 14.9. The molecule has 0 amide bonds. The van der Waals surface area contributed by atoms with Crippen molar-refractivity contribution in [3.05, 3.63) is 83.8 Å². The molecule has 2 aromatic carbocycles. The van der Waals surface area contributed by atoms with Gasteiger partial charge in [-0.2, -0.15) is 0 Å². The van der Waals surface area contributed by atoms with Crippen LogP contribution >= 0.6 is 0 Å². The van der Waals surface area contributed by atoms with Gasteiger partial charge in [-0.3, -0.25) is 4.79 Å². The summed E-state index contributed by atoms with van der Waals surface area (Å²) in [6, 6.07) is 21.9. The lowest BCUT2D eigenvalue weighted by Crippen LogP contribution is -2.67. The van der Waals surface area contributed by atoms with E-state index in [-0.39, 0.29) is 44.6 Å². The lowest BCUT2D eigenvalue weighted by Gasteiger charge is -2.47. The summed E-state index contributed by atoms with van der Waals surface area (Å²) in [6.45, 7) is 27.8. The zero-order chi connectivity index (χ0) is 35.1. The van der Waals surface area contributed by atoms with Gasteiger partial charge in [0.1, 0.15) is 11.9 Å². The lowest BCUT2D eigenvalue weighted by molar-refractivity contribution is -0.126. The second kappa shape index (κ2) is 11.9. The Morgan fingerprint density at radius 1 is 0.812 bits per heavy atom. The first-order chi connectivity index (χ1) is 22.3. The molecule has 3 aliphatic rings. The maximum absolute atomic E-state index is 14.9. The van der Waals surface area contributed by atoms with Gasteiger partial charge < -0.3 is 13.3 Å². The molecule has 1 heterocycles. The summed E-state index contributed by atoms with van der Waals surface area (Å²) < 4.78 is 21.7. The highest BCUT2D eigenvalue weighted by Crippen LogP contribution is 2.64. The minimum absolute atomic E-state index is 0.0221. The number of carbonyl (C=O) groups excluding carboxylic acids is 1. The monoisotopic (exact) mass is 684 g/mol. The van der Waals surface area contributed by atoms with Gasteiger partial charge in [0.15, 0.2) is 14.1 Å². The van der Waals surface area contributed by atoms with Gasteiger partial charge in [0.05, 0.1) is 18.3 Å². The summed E-state index contributed by atoms with van der Waals surface area (Å²) in [5, 5.41) is 2.47. The van der Waals surface area contributed by atoms with Crippen molar-refractivity contribution in [3.8, 4) is 0 Å². The van der Waals surface area contributed by atoms with Crippen molar-refractivity contribution in [2.75, 3.05) is 0 Å². The van der Waals surface area contributed by atoms with Crippen LogP contribution in [0.4, 0.5) is 0 Å². The van der Waals surface area contributed by atoms with Crippen LogP contribution in [-0.4, -0.2) is 28.5 Å². The fourth-order valence-corrected chi connectivity index (χ4v) is 15.7. The van der Waals surface area contributed by atoms with Crippen LogP contribution < -0.4 is 10.4 Å². The molecule has 0 bridgehead atoms. The zero-order valence-corrected chi connectivity index (χ0v) is 33.7. The lowest BCUT2D eigenvalue weighted by atomic mass is 9.65. The molecule has 0 N–H and O–H groups in total. The molecule has 6 heteroatoms. The van der Waals surface area contributed by atoms with Crippen molar-refractivity contribution in [2.24, 2.45) is 17.3 Å². The third-order valence-corrected chi connectivity index (χ3v) is 22.7. The van der Waals surface area contributed by atoms with Gasteiger partial charge in [-0.15, -0.1) is 0 Å². The molecular formula is C42H60O4Si2. The quantitative estimate of drug-likeness (QED) is 0.233. The Morgan fingerprint density at radius 2 is 1.38 bits per heavy atom. The van der Waals surface area contributed by atoms with Gasteiger partial charge >= 0.3 is 0 Å². The minimum atomic E-state index is -2.81. The van der Waals surface area contributed by atoms with E-state index in [9.17, 15) is 4.79 Å². The van der Waals surface area contributed by atoms with Crippen molar-refractivity contribution in [1.82, 2.24) is 0 Å². The molecule has 48 heavy (non-hydrogen) atoms. The predicted octanol–water partition coefficient (Wildman–Crippen LogP) is 10.1. The Hall–Kier alpha value is -2.26. The van der Waals surface area contributed by atoms with E-state index >= 15 is 0 Å². The Morgan fingerprint density at radius 3 is 1.88 bits per heavy atom. The third kappa shape index (κ3) is 5.39. The van der Waals surface area contributed by atoms with E-state index < -0.39 is 22.7 Å². The van der Waals surface area contributed by atoms with E-state index in [2.05, 4.69) is 143 Å². The van der Waals surface area contributed by atoms with Gasteiger partial charge in [-0.05, 0) is 81.9 Å². The second-order valence-corrected chi connectivity index (χ2v) is 27.7. The van der Waals surface area contributed by atoms with Crippen LogP contribution in [0.1, 0.15) is 124 Å². The molecule has 1 saturated carbocycles. The molecule has 4 nitrogen and oxygen atoms in total. The number of carbonyl (C=O) groups is 1. The van der Waals surface area contributed by atoms with E-state index in [1.807, 2.05) is 6.26 Å². The summed E-state index contributed by atoms with van der Waals surface area (Å²) in [5.41, 5.74) is 2.12. The molecular weight excluding hydrogens is 625 g/mol. The van der Waals surface area contributed by atoms with Crippen molar-refractivity contribution >= 4 is 32.8 Å². The average molecular weight is 685 g/mol. The first-order valence-corrected chi connectivity index (χ1v) is 23.2. The van der Waals surface area contributed by atoms with Gasteiger partial charge in [-0.1, -0.05) is 130 Å². The highest BCUT2D eigenvalue weighted by Gasteiger charge is 2.65. The van der Waals surface area contributed by atoms with Crippen LogP contribution in [0, 0.1) is 17.3 Å². The maximum atomic E-state index is 14.9. The van der Waals surface area contributed by atoms with E-state index in [1.165, 1.54) is 21.5 Å². The van der Waals surface area contributed by atoms with Gasteiger partial charge in [0.2, 0.25) is 0 Å². The third-order valence-electron chi connectivity index (χ3n) is 13.2. The van der Waals surface area contributed by atoms with Crippen molar-refractivity contribution in [1.29, 1.82) is 0 Å². The summed E-state index contributed by atoms with van der Waals surface area (Å²) >= 11 is 0. The molecule has 6 rings (SSSR count). The second-order valence-electron chi connectivity index (χ2n) is 18.7. The van der Waals surface area contributed by atoms with Crippen LogP contribution in [0.25, 0.3) is 0 Å². The molecule has 3 aromatic rings. The normalized spacial score (nSPS) is 29.5. The van der Waals surface area contributed by atoms with E-state index in [1.54, 1.807) is 0 Å². The number of hydrogen-bond acceptors (Lipinski definition) is 4. The molecule has 1 fully saturated rings. The van der Waals surface area contributed by atoms with Crippen LogP contribution in [0.5, 0.6) is 0 Å². The highest BCUT2D eigenvalue weighted by molar-refractivity contribution is 6.99. The molecule has 0 saturated heterocycles. The maximum Gasteiger partial charge on any atom is 0.261 e. The van der Waals surface area contributed by atoms with Gasteiger partial charge in [-0.25, -0.2) is 0 Å². The molecule has 3 aliphatic carbocycles. The van der Waals surface area contributed by atoms with Crippen molar-refractivity contribution in [3.63, 3.8) is 0 Å². The number of ketones is 1. The van der Waals surface area contributed by atoms with Crippen LogP contribution in [-0.2, 0) is 19.1 Å². The number of furan rings is 1. The van der Waals surface area contributed by atoms with E-state index in [4.69, 9.17) is 13.3 Å². The molecule has 0 radical (unpaired) electrons. The number of fused-ring (bicyclic) bond motifs is 2. The summed E-state index contributed by atoms with van der Waals surface area (Å²) in [6.07, 6.45) is 5.45. The zero-order valence-electron chi connectivity index (χ0n) is 31.7. The molecule has 0 aliphatic heterocycles. The Kier molecular flexibility index (Phi) is 8.83. The average Bonchev–Trinajstić information content (AvgIpc) is 3.50. The summed E-state index contributed by atoms with van der Waals surface area (Å²) in [5.74, 6) is 1.28. The minimum Gasteiger partial charge on any atom is -0.468 e. The first kappa shape index (κ1) is 35.6. The van der Waals surface area contributed by atoms with E-state index in [0.29, 0.717) is 5.92 Å². The SMILES string of the molecule is CC(C)[C@@H]1[C@@H](O[Si](C)(C)C(C)(C)C)C(=O)[C@H]2c3occ4c3[C@](C)(CC[C@H]4O[Si](c3ccccc3)(c3ccccc3)C(C)(C)C)CC[C@@]12C. The number of rotatable bonds is 7. The van der Waals surface area contributed by atoms with Gasteiger partial charge in [0.25, 0.3) is 8.32 Å². The molecule has 1 aromatic heterocycles. The Labute approximate surface area is 292 Å². The topological polar surface area (TPSA) is 48.7 Å². The fourth-order valence-electron chi connectivity index (χ4n) is 9.72. The smallest absolute Gasteiger partial charge is 0.261 e. The van der Waals surface area contributed by atoms with E-state index in [0.717, 1.165) is 31.4 Å². The highest BCUT2D eigenvalue weighted by atomic mass is 28.4. The Balaban J connectivity index is 1.48. The number of Topliss-reactive ketones (excluding diaryl/α,β-unsaturated/α-hetero) is 1. The number of benzene rings is 2. The van der Waals surface area contributed by atoms with Gasteiger partial charge in [0, 0.05) is 11.1 Å². The molecule has 6 atom stereocenters. The molecule has 0 spiro atoms. The molecule has 260 valence electrons. The van der Waals surface area contributed by atoms with Crippen LogP contribution in [0.15, 0.2) is 71.3 Å². The summed E-state index contributed by atoms with van der Waals surface area (Å²) in [7, 11) is -5.01. The Bertz CT molecular complexity index is 1590.